The maximum absolute atomic E-state index is 12.8. The van der Waals surface area contributed by atoms with Crippen molar-refractivity contribution >= 4 is 11.8 Å². The van der Waals surface area contributed by atoms with Gasteiger partial charge in [0.15, 0.2) is 0 Å². The molecule has 4 nitrogen and oxygen atoms in total. The van der Waals surface area contributed by atoms with E-state index in [4.69, 9.17) is 0 Å². The molecule has 0 bridgehead atoms. The number of hydrogen-bond acceptors (Lipinski definition) is 3. The minimum Gasteiger partial charge on any atom is -0.481 e. The molecule has 0 radical (unpaired) electrons. The zero-order chi connectivity index (χ0) is 26.1. The Kier molecular flexibility index (Phi) is 6.52. The Bertz CT molecular complexity index is 957. The standard InChI is InChI=1S/C31H48O4/c1-18(2)19(3)9-10-20(27(34)35)26-23(32)17-31(8)22-11-12-24-28(4,5)25(33)14-15-29(24,6)21(22)13-16-30(26,31)7/h18,20,23-24,26,32H,3,9-17H2,1-2,4-8H3,(H,34,35)/t20-,23-,24-,26+,29-,30-,31+/m1/s1. The first-order valence-electron chi connectivity index (χ1n) is 14.0. The van der Waals surface area contributed by atoms with Crippen LogP contribution in [0.1, 0.15) is 106 Å². The Labute approximate surface area is 212 Å². The number of ketones is 1. The lowest BCUT2D eigenvalue weighted by Gasteiger charge is -2.60. The highest BCUT2D eigenvalue weighted by atomic mass is 16.4. The van der Waals surface area contributed by atoms with E-state index in [-0.39, 0.29) is 27.6 Å². The fraction of sp³-hybridized carbons (Fsp3) is 0.806. The van der Waals surface area contributed by atoms with E-state index in [2.05, 4.69) is 55.0 Å². The number of aliphatic hydroxyl groups is 1. The molecule has 0 spiro atoms. The molecule has 0 heterocycles. The van der Waals surface area contributed by atoms with Crippen LogP contribution in [-0.2, 0) is 9.59 Å². The molecule has 196 valence electrons. The van der Waals surface area contributed by atoms with Gasteiger partial charge in [0.2, 0.25) is 0 Å². The topological polar surface area (TPSA) is 74.6 Å². The van der Waals surface area contributed by atoms with Crippen molar-refractivity contribution in [1.29, 1.82) is 0 Å². The van der Waals surface area contributed by atoms with Crippen LogP contribution in [0.2, 0.25) is 0 Å². The van der Waals surface area contributed by atoms with Gasteiger partial charge in [0.05, 0.1) is 12.0 Å². The summed E-state index contributed by atoms with van der Waals surface area (Å²) in [7, 11) is 0. The highest BCUT2D eigenvalue weighted by Crippen LogP contribution is 2.72. The number of aliphatic hydroxyl groups excluding tert-OH is 1. The number of aliphatic carboxylic acids is 1. The summed E-state index contributed by atoms with van der Waals surface area (Å²) in [5, 5.41) is 21.8. The van der Waals surface area contributed by atoms with Crippen LogP contribution in [0.3, 0.4) is 0 Å². The molecule has 2 N–H and O–H groups in total. The minimum absolute atomic E-state index is 0.0274. The maximum Gasteiger partial charge on any atom is 0.306 e. The number of fused-ring (bicyclic) bond motifs is 4. The van der Waals surface area contributed by atoms with Gasteiger partial charge in [0.1, 0.15) is 5.78 Å². The summed E-state index contributed by atoms with van der Waals surface area (Å²) >= 11 is 0. The van der Waals surface area contributed by atoms with Crippen molar-refractivity contribution in [2.24, 2.45) is 45.3 Å². The molecule has 4 aliphatic rings. The number of carbonyl (C=O) groups is 2. The fourth-order valence-corrected chi connectivity index (χ4v) is 9.39. The second-order valence-electron chi connectivity index (χ2n) is 14.0. The van der Waals surface area contributed by atoms with Gasteiger partial charge in [-0.1, -0.05) is 71.8 Å². The van der Waals surface area contributed by atoms with E-state index in [1.807, 2.05) is 0 Å². The third-order valence-corrected chi connectivity index (χ3v) is 11.9. The van der Waals surface area contributed by atoms with E-state index in [0.717, 1.165) is 37.7 Å². The molecule has 2 saturated carbocycles. The van der Waals surface area contributed by atoms with Crippen molar-refractivity contribution in [3.05, 3.63) is 23.3 Å². The fourth-order valence-electron chi connectivity index (χ4n) is 9.39. The summed E-state index contributed by atoms with van der Waals surface area (Å²) in [4.78, 5) is 25.4. The second-order valence-corrected chi connectivity index (χ2v) is 14.0. The van der Waals surface area contributed by atoms with Crippen molar-refractivity contribution in [3.63, 3.8) is 0 Å². The molecule has 35 heavy (non-hydrogen) atoms. The van der Waals surface area contributed by atoms with Gasteiger partial charge in [-0.05, 0) is 79.4 Å². The zero-order valence-electron chi connectivity index (χ0n) is 23.2. The molecular formula is C31H48O4. The number of carboxylic acids is 1. The Balaban J connectivity index is 1.72. The number of rotatable bonds is 6. The van der Waals surface area contributed by atoms with E-state index in [1.54, 1.807) is 5.57 Å². The van der Waals surface area contributed by atoms with Crippen LogP contribution in [0.4, 0.5) is 0 Å². The Morgan fingerprint density at radius 3 is 2.31 bits per heavy atom. The lowest BCUT2D eigenvalue weighted by Crippen LogP contribution is -2.54. The summed E-state index contributed by atoms with van der Waals surface area (Å²) in [6.45, 7) is 19.7. The van der Waals surface area contributed by atoms with Gasteiger partial charge in [-0.3, -0.25) is 9.59 Å². The summed E-state index contributed by atoms with van der Waals surface area (Å²) in [5.74, 6) is -0.497. The van der Waals surface area contributed by atoms with E-state index in [0.29, 0.717) is 43.3 Å². The third kappa shape index (κ3) is 3.71. The van der Waals surface area contributed by atoms with E-state index in [1.165, 1.54) is 5.57 Å². The lowest BCUT2D eigenvalue weighted by atomic mass is 9.43. The molecule has 0 aromatic rings. The molecule has 0 amide bonds. The largest absolute Gasteiger partial charge is 0.481 e. The highest BCUT2D eigenvalue weighted by Gasteiger charge is 2.66. The van der Waals surface area contributed by atoms with Gasteiger partial charge < -0.3 is 10.2 Å². The van der Waals surface area contributed by atoms with Crippen LogP contribution in [0.5, 0.6) is 0 Å². The summed E-state index contributed by atoms with van der Waals surface area (Å²) in [6.07, 6.45) is 6.71. The van der Waals surface area contributed by atoms with Crippen LogP contribution in [0.25, 0.3) is 0 Å². The number of allylic oxidation sites excluding steroid dienone is 3. The van der Waals surface area contributed by atoms with Crippen molar-refractivity contribution in [3.8, 4) is 0 Å². The predicted octanol–water partition coefficient (Wildman–Crippen LogP) is 6.97. The zero-order valence-corrected chi connectivity index (χ0v) is 23.2. The first-order valence-corrected chi connectivity index (χ1v) is 14.0. The highest BCUT2D eigenvalue weighted by molar-refractivity contribution is 5.85. The maximum atomic E-state index is 12.8. The van der Waals surface area contributed by atoms with Crippen molar-refractivity contribution in [1.82, 2.24) is 0 Å². The van der Waals surface area contributed by atoms with Crippen molar-refractivity contribution < 1.29 is 19.8 Å². The van der Waals surface area contributed by atoms with Crippen LogP contribution in [0, 0.1) is 45.3 Å². The van der Waals surface area contributed by atoms with E-state index >= 15 is 0 Å². The molecule has 4 rings (SSSR count). The van der Waals surface area contributed by atoms with Gasteiger partial charge in [0.25, 0.3) is 0 Å². The van der Waals surface area contributed by atoms with Crippen molar-refractivity contribution in [2.75, 3.05) is 0 Å². The second kappa shape index (κ2) is 8.57. The SMILES string of the molecule is C=C(CC[C@@H](C(=O)O)[C@H]1[C@H](O)C[C@@]2(C)C3=C(CC[C@]12C)[C@@]1(C)CCC(=O)C(C)(C)[C@H]1CC3)C(C)C. The summed E-state index contributed by atoms with van der Waals surface area (Å²) in [5.41, 5.74) is 3.40. The van der Waals surface area contributed by atoms with Crippen LogP contribution < -0.4 is 0 Å². The van der Waals surface area contributed by atoms with Gasteiger partial charge >= 0.3 is 5.97 Å². The van der Waals surface area contributed by atoms with Gasteiger partial charge in [-0.15, -0.1) is 0 Å². The normalized spacial score (nSPS) is 41.3. The van der Waals surface area contributed by atoms with E-state index < -0.39 is 18.0 Å². The molecular weight excluding hydrogens is 436 g/mol. The van der Waals surface area contributed by atoms with Gasteiger partial charge in [-0.25, -0.2) is 0 Å². The number of hydrogen-bond donors (Lipinski definition) is 2. The Morgan fingerprint density at radius 2 is 1.71 bits per heavy atom. The molecule has 0 saturated heterocycles. The molecule has 0 unspecified atom stereocenters. The van der Waals surface area contributed by atoms with Gasteiger partial charge in [0, 0.05) is 17.8 Å². The number of carboxylic acid groups (broad SMARTS) is 1. The summed E-state index contributed by atoms with van der Waals surface area (Å²) in [6, 6.07) is 0. The third-order valence-electron chi connectivity index (χ3n) is 11.9. The van der Waals surface area contributed by atoms with Crippen LogP contribution in [-0.4, -0.2) is 28.1 Å². The monoisotopic (exact) mass is 484 g/mol. The van der Waals surface area contributed by atoms with Gasteiger partial charge in [-0.2, -0.15) is 0 Å². The molecule has 7 atom stereocenters. The predicted molar refractivity (Wildman–Crippen MR) is 140 cm³/mol. The smallest absolute Gasteiger partial charge is 0.306 e. The van der Waals surface area contributed by atoms with Crippen molar-refractivity contribution in [2.45, 2.75) is 112 Å². The minimum atomic E-state index is -0.779. The average Bonchev–Trinajstić information content (AvgIpc) is 2.97. The molecule has 2 fully saturated rings. The Morgan fingerprint density at radius 1 is 1.06 bits per heavy atom. The first-order chi connectivity index (χ1) is 16.1. The number of Topliss-reactive ketones (excluding diaryl/α,β-unsaturated/α-hetero) is 1. The van der Waals surface area contributed by atoms with Crippen LogP contribution in [0.15, 0.2) is 23.3 Å². The molecule has 4 heteroatoms. The lowest BCUT2D eigenvalue weighted by molar-refractivity contribution is -0.149. The molecule has 0 aromatic heterocycles. The quantitative estimate of drug-likeness (QED) is 0.399. The molecule has 0 aliphatic heterocycles. The molecule has 4 aliphatic carbocycles. The average molecular weight is 485 g/mol. The first kappa shape index (κ1) is 26.6. The summed E-state index contributed by atoms with van der Waals surface area (Å²) < 4.78 is 0. The Hall–Kier alpha value is -1.42. The van der Waals surface area contributed by atoms with E-state index in [9.17, 15) is 19.8 Å². The number of carbonyl (C=O) groups excluding carboxylic acids is 1. The molecule has 0 aromatic carbocycles. The van der Waals surface area contributed by atoms with Crippen LogP contribution >= 0.6 is 0 Å².